The SMILES string of the molecule is CCNC(=O)C1C2CN(S(=O)(=O)c3cnn(C)n3)CC21c1cc2cnn(-c3ccc(F)cc3)c2cc1C. The highest BCUT2D eigenvalue weighted by Crippen LogP contribution is 2.65. The fourth-order valence-corrected chi connectivity index (χ4v) is 7.37. The molecule has 0 bridgehead atoms. The number of aryl methyl sites for hydroxylation is 2. The molecule has 10 nitrogen and oxygen atoms in total. The quantitative estimate of drug-likeness (QED) is 0.413. The number of nitrogens with zero attached hydrogens (tertiary/aromatic N) is 6. The number of fused-ring (bicyclic) bond motifs is 2. The van der Waals surface area contributed by atoms with Gasteiger partial charge in [-0.15, -0.1) is 5.10 Å². The van der Waals surface area contributed by atoms with E-state index in [1.165, 1.54) is 27.4 Å². The monoisotopic (exact) mass is 523 g/mol. The van der Waals surface area contributed by atoms with E-state index < -0.39 is 15.4 Å². The zero-order chi connectivity index (χ0) is 26.1. The summed E-state index contributed by atoms with van der Waals surface area (Å²) < 4.78 is 43.3. The Kier molecular flexibility index (Phi) is 5.25. The largest absolute Gasteiger partial charge is 0.356 e. The van der Waals surface area contributed by atoms with Crippen LogP contribution in [0.4, 0.5) is 4.39 Å². The zero-order valence-corrected chi connectivity index (χ0v) is 21.4. The van der Waals surface area contributed by atoms with E-state index in [4.69, 9.17) is 0 Å². The summed E-state index contributed by atoms with van der Waals surface area (Å²) in [6, 6.07) is 10.1. The van der Waals surface area contributed by atoms with E-state index in [9.17, 15) is 17.6 Å². The lowest BCUT2D eigenvalue weighted by atomic mass is 9.88. The highest BCUT2D eigenvalue weighted by molar-refractivity contribution is 7.89. The number of piperidine rings is 1. The Morgan fingerprint density at radius 2 is 1.95 bits per heavy atom. The molecule has 1 saturated carbocycles. The lowest BCUT2D eigenvalue weighted by Crippen LogP contribution is -2.39. The number of carbonyl (C=O) groups excluding carboxylic acids is 1. The molecule has 6 rings (SSSR count). The fraction of sp³-hybridized carbons (Fsp3) is 0.360. The van der Waals surface area contributed by atoms with Crippen LogP contribution in [0.3, 0.4) is 0 Å². The molecule has 1 aliphatic carbocycles. The minimum Gasteiger partial charge on any atom is -0.356 e. The number of hydrogen-bond donors (Lipinski definition) is 1. The van der Waals surface area contributed by atoms with E-state index in [-0.39, 0.29) is 41.7 Å². The van der Waals surface area contributed by atoms with Crippen molar-refractivity contribution in [1.29, 1.82) is 0 Å². The van der Waals surface area contributed by atoms with E-state index in [0.717, 1.165) is 27.7 Å². The van der Waals surface area contributed by atoms with Gasteiger partial charge in [0.25, 0.3) is 10.0 Å². The first-order valence-corrected chi connectivity index (χ1v) is 13.5. The summed E-state index contributed by atoms with van der Waals surface area (Å²) in [4.78, 5) is 14.3. The third-order valence-corrected chi connectivity index (χ3v) is 9.32. The second-order valence-electron chi connectivity index (χ2n) is 9.75. The second kappa shape index (κ2) is 8.18. The molecule has 2 aliphatic rings. The van der Waals surface area contributed by atoms with Gasteiger partial charge in [0.1, 0.15) is 5.82 Å². The Labute approximate surface area is 213 Å². The molecule has 1 N–H and O–H groups in total. The molecule has 0 radical (unpaired) electrons. The topological polar surface area (TPSA) is 115 Å². The number of halogens is 1. The molecule has 3 heterocycles. The summed E-state index contributed by atoms with van der Waals surface area (Å²) in [5.74, 6) is -0.875. The van der Waals surface area contributed by atoms with E-state index in [1.54, 1.807) is 30.1 Å². The molecule has 1 aliphatic heterocycles. The van der Waals surface area contributed by atoms with Crippen molar-refractivity contribution in [3.05, 3.63) is 65.7 Å². The summed E-state index contributed by atoms with van der Waals surface area (Å²) in [5.41, 5.74) is 2.81. The van der Waals surface area contributed by atoms with Crippen LogP contribution >= 0.6 is 0 Å². The molecule has 3 unspecified atom stereocenters. The van der Waals surface area contributed by atoms with Crippen molar-refractivity contribution < 1.29 is 17.6 Å². The highest BCUT2D eigenvalue weighted by Gasteiger charge is 2.74. The van der Waals surface area contributed by atoms with Crippen molar-refractivity contribution in [2.75, 3.05) is 19.6 Å². The number of rotatable bonds is 6. The molecule has 192 valence electrons. The molecule has 2 fully saturated rings. The van der Waals surface area contributed by atoms with Gasteiger partial charge in [0.2, 0.25) is 10.9 Å². The molecule has 2 aromatic heterocycles. The molecule has 1 amide bonds. The summed E-state index contributed by atoms with van der Waals surface area (Å²) in [6.07, 6.45) is 2.98. The number of amides is 1. The van der Waals surface area contributed by atoms with Crippen LogP contribution in [0.2, 0.25) is 0 Å². The number of benzene rings is 2. The summed E-state index contributed by atoms with van der Waals surface area (Å²) in [6.45, 7) is 4.75. The first-order chi connectivity index (χ1) is 17.7. The van der Waals surface area contributed by atoms with Crippen molar-refractivity contribution in [3.8, 4) is 5.69 Å². The summed E-state index contributed by atoms with van der Waals surface area (Å²) in [7, 11) is -2.29. The number of nitrogens with one attached hydrogen (secondary N) is 1. The zero-order valence-electron chi connectivity index (χ0n) is 20.6. The number of carbonyl (C=O) groups is 1. The third kappa shape index (κ3) is 3.50. The van der Waals surface area contributed by atoms with Crippen molar-refractivity contribution in [2.24, 2.45) is 18.9 Å². The normalized spacial score (nSPS) is 23.4. The van der Waals surface area contributed by atoms with Crippen LogP contribution in [0.1, 0.15) is 18.1 Å². The van der Waals surface area contributed by atoms with E-state index in [1.807, 2.05) is 26.0 Å². The van der Waals surface area contributed by atoms with Crippen LogP contribution in [0, 0.1) is 24.6 Å². The lowest BCUT2D eigenvalue weighted by Gasteiger charge is -2.24. The van der Waals surface area contributed by atoms with Crippen LogP contribution in [0.15, 0.2) is 53.8 Å². The maximum Gasteiger partial charge on any atom is 0.264 e. The predicted octanol–water partition coefficient (Wildman–Crippen LogP) is 1.93. The van der Waals surface area contributed by atoms with Gasteiger partial charge < -0.3 is 5.32 Å². The number of hydrogen-bond acceptors (Lipinski definition) is 6. The van der Waals surface area contributed by atoms with Crippen molar-refractivity contribution in [1.82, 2.24) is 34.4 Å². The predicted molar refractivity (Wildman–Crippen MR) is 133 cm³/mol. The maximum atomic E-state index is 13.4. The van der Waals surface area contributed by atoms with Crippen LogP contribution in [0.25, 0.3) is 16.6 Å². The van der Waals surface area contributed by atoms with Gasteiger partial charge in [0, 0.05) is 37.5 Å². The van der Waals surface area contributed by atoms with Gasteiger partial charge in [-0.05, 0) is 67.3 Å². The van der Waals surface area contributed by atoms with Gasteiger partial charge in [0.15, 0.2) is 0 Å². The van der Waals surface area contributed by atoms with Gasteiger partial charge in [-0.1, -0.05) is 0 Å². The Morgan fingerprint density at radius 1 is 1.19 bits per heavy atom. The maximum absolute atomic E-state index is 13.4. The van der Waals surface area contributed by atoms with Crippen LogP contribution in [-0.2, 0) is 27.3 Å². The molecular formula is C25H26FN7O3S. The van der Waals surface area contributed by atoms with Crippen molar-refractivity contribution >= 4 is 26.8 Å². The van der Waals surface area contributed by atoms with E-state index in [0.29, 0.717) is 6.54 Å². The van der Waals surface area contributed by atoms with Crippen LogP contribution in [0.5, 0.6) is 0 Å². The average molecular weight is 524 g/mol. The standard InChI is InChI=1S/C25H26FN7O3S/c1-4-27-24(34)23-20-13-32(37(35,36)22-12-28-31(3)30-22)14-25(20,23)19-10-16-11-29-33(21(16)9-15(19)2)18-7-5-17(26)6-8-18/h5-12,20,23H,4,13-14H2,1-3H3,(H,27,34). The summed E-state index contributed by atoms with van der Waals surface area (Å²) in [5, 5.41) is 16.1. The van der Waals surface area contributed by atoms with Crippen molar-refractivity contribution in [3.63, 3.8) is 0 Å². The first kappa shape index (κ1) is 23.7. The van der Waals surface area contributed by atoms with Gasteiger partial charge in [0.05, 0.1) is 29.5 Å². The highest BCUT2D eigenvalue weighted by atomic mass is 32.2. The smallest absolute Gasteiger partial charge is 0.264 e. The van der Waals surface area contributed by atoms with Gasteiger partial charge in [-0.25, -0.2) is 17.5 Å². The average Bonchev–Trinajstić information content (AvgIpc) is 3.28. The molecular weight excluding hydrogens is 497 g/mol. The molecule has 2 aromatic carbocycles. The minimum atomic E-state index is -3.86. The van der Waals surface area contributed by atoms with Gasteiger partial charge in [-0.2, -0.15) is 19.3 Å². The lowest BCUT2D eigenvalue weighted by molar-refractivity contribution is -0.123. The second-order valence-corrected chi connectivity index (χ2v) is 11.6. The fourth-order valence-electron chi connectivity index (χ4n) is 5.96. The Bertz CT molecular complexity index is 1650. The molecule has 37 heavy (non-hydrogen) atoms. The summed E-state index contributed by atoms with van der Waals surface area (Å²) >= 11 is 0. The Balaban J connectivity index is 1.42. The Morgan fingerprint density at radius 3 is 2.62 bits per heavy atom. The van der Waals surface area contributed by atoms with Crippen molar-refractivity contribution in [2.45, 2.75) is 24.3 Å². The molecule has 4 aromatic rings. The van der Waals surface area contributed by atoms with Crippen LogP contribution in [-0.4, -0.2) is 63.0 Å². The van der Waals surface area contributed by atoms with Gasteiger partial charge >= 0.3 is 0 Å². The number of sulfonamides is 1. The Hall–Kier alpha value is -3.64. The third-order valence-electron chi connectivity index (χ3n) is 7.65. The minimum absolute atomic E-state index is 0.0643. The van der Waals surface area contributed by atoms with E-state index >= 15 is 0 Å². The van der Waals surface area contributed by atoms with Crippen LogP contribution < -0.4 is 5.32 Å². The molecule has 12 heteroatoms. The molecule has 1 saturated heterocycles. The van der Waals surface area contributed by atoms with E-state index in [2.05, 4.69) is 20.6 Å². The first-order valence-electron chi connectivity index (χ1n) is 12.1. The number of aromatic nitrogens is 5. The van der Waals surface area contributed by atoms with Gasteiger partial charge in [-0.3, -0.25) is 4.79 Å². The molecule has 3 atom stereocenters. The molecule has 0 spiro atoms.